The van der Waals surface area contributed by atoms with Gasteiger partial charge in [0.15, 0.2) is 9.84 Å². The summed E-state index contributed by atoms with van der Waals surface area (Å²) < 4.78 is 36.6. The van der Waals surface area contributed by atoms with Crippen LogP contribution in [0.1, 0.15) is 19.4 Å². The van der Waals surface area contributed by atoms with Gasteiger partial charge in [-0.05, 0) is 56.3 Å². The van der Waals surface area contributed by atoms with E-state index in [1.807, 2.05) is 13.8 Å². The Morgan fingerprint density at radius 2 is 1.70 bits per heavy atom. The maximum absolute atomic E-state index is 12.8. The van der Waals surface area contributed by atoms with Gasteiger partial charge in [0, 0.05) is 11.3 Å². The predicted octanol–water partition coefficient (Wildman–Crippen LogP) is 3.64. The summed E-state index contributed by atoms with van der Waals surface area (Å²) in [6.07, 6.45) is 0. The molecule has 0 saturated heterocycles. The molecule has 0 aliphatic rings. The molecule has 27 heavy (non-hydrogen) atoms. The molecule has 0 aliphatic carbocycles. The van der Waals surface area contributed by atoms with E-state index in [4.69, 9.17) is 21.1 Å². The largest absolute Gasteiger partial charge is 0.494 e. The lowest BCUT2D eigenvalue weighted by Gasteiger charge is -2.13. The van der Waals surface area contributed by atoms with E-state index in [-0.39, 0.29) is 22.4 Å². The summed E-state index contributed by atoms with van der Waals surface area (Å²) in [6, 6.07) is 11.1. The topological polar surface area (TPSA) is 81.7 Å². The molecule has 0 heterocycles. The van der Waals surface area contributed by atoms with Crippen LogP contribution in [-0.4, -0.2) is 33.4 Å². The monoisotopic (exact) mass is 411 g/mol. The lowest BCUT2D eigenvalue weighted by Crippen LogP contribution is -2.12. The lowest BCUT2D eigenvalue weighted by molar-refractivity contribution is -0.113. The fourth-order valence-electron chi connectivity index (χ4n) is 2.45. The van der Waals surface area contributed by atoms with Crippen molar-refractivity contribution >= 4 is 33.0 Å². The minimum absolute atomic E-state index is 0.149. The van der Waals surface area contributed by atoms with Crippen LogP contribution in [0.25, 0.3) is 0 Å². The number of alkyl halides is 1. The highest BCUT2D eigenvalue weighted by Gasteiger charge is 2.19. The average molecular weight is 412 g/mol. The number of halogens is 1. The molecule has 0 unspecified atom stereocenters. The van der Waals surface area contributed by atoms with E-state index < -0.39 is 9.84 Å². The lowest BCUT2D eigenvalue weighted by atomic mass is 10.2. The Bertz CT molecular complexity index is 881. The van der Waals surface area contributed by atoms with Gasteiger partial charge in [-0.2, -0.15) is 0 Å². The zero-order valence-corrected chi connectivity index (χ0v) is 16.8. The van der Waals surface area contributed by atoms with Crippen LogP contribution in [0.15, 0.2) is 47.4 Å². The molecule has 0 atom stereocenters. The Balaban J connectivity index is 2.26. The molecule has 0 aromatic heterocycles. The third-order valence-electron chi connectivity index (χ3n) is 3.61. The minimum atomic E-state index is -3.61. The highest BCUT2D eigenvalue weighted by atomic mass is 35.5. The van der Waals surface area contributed by atoms with Crippen molar-refractivity contribution in [3.8, 4) is 11.5 Å². The van der Waals surface area contributed by atoms with Gasteiger partial charge in [0.05, 0.1) is 23.9 Å². The van der Waals surface area contributed by atoms with Crippen LogP contribution in [0.4, 0.5) is 5.69 Å². The van der Waals surface area contributed by atoms with Crippen LogP contribution in [0, 0.1) is 0 Å². The van der Waals surface area contributed by atoms with Crippen LogP contribution in [-0.2, 0) is 20.4 Å². The number of amides is 1. The number of benzene rings is 2. The first-order valence-electron chi connectivity index (χ1n) is 8.46. The van der Waals surface area contributed by atoms with Gasteiger partial charge in [-0.15, -0.1) is 11.6 Å². The molecule has 0 radical (unpaired) electrons. The van der Waals surface area contributed by atoms with Gasteiger partial charge in [0.1, 0.15) is 17.4 Å². The van der Waals surface area contributed by atoms with Crippen molar-refractivity contribution in [1.29, 1.82) is 0 Å². The fraction of sp³-hybridized carbons (Fsp3) is 0.316. The zero-order chi connectivity index (χ0) is 19.9. The highest BCUT2D eigenvalue weighted by molar-refractivity contribution is 7.90. The Kier molecular flexibility index (Phi) is 7.50. The Morgan fingerprint density at radius 3 is 2.30 bits per heavy atom. The number of ether oxygens (including phenoxy) is 2. The van der Waals surface area contributed by atoms with Gasteiger partial charge < -0.3 is 14.8 Å². The molecular formula is C19H22ClNO5S. The van der Waals surface area contributed by atoms with Gasteiger partial charge in [-0.3, -0.25) is 4.79 Å². The summed E-state index contributed by atoms with van der Waals surface area (Å²) in [6.45, 7) is 4.60. The van der Waals surface area contributed by atoms with Gasteiger partial charge >= 0.3 is 0 Å². The maximum atomic E-state index is 12.8. The van der Waals surface area contributed by atoms with Crippen LogP contribution >= 0.6 is 11.6 Å². The summed E-state index contributed by atoms with van der Waals surface area (Å²) in [7, 11) is -3.61. The molecule has 2 aromatic carbocycles. The number of hydrogen-bond donors (Lipinski definition) is 1. The number of sulfone groups is 1. The quantitative estimate of drug-likeness (QED) is 0.637. The third kappa shape index (κ3) is 5.87. The summed E-state index contributed by atoms with van der Waals surface area (Å²) in [4.78, 5) is 11.5. The number of hydrogen-bond acceptors (Lipinski definition) is 5. The summed E-state index contributed by atoms with van der Waals surface area (Å²) in [5, 5.41) is 2.57. The summed E-state index contributed by atoms with van der Waals surface area (Å²) >= 11 is 5.44. The number of carbonyl (C=O) groups is 1. The second-order valence-electron chi connectivity index (χ2n) is 5.60. The van der Waals surface area contributed by atoms with Gasteiger partial charge in [0.25, 0.3) is 0 Å². The van der Waals surface area contributed by atoms with E-state index in [1.165, 1.54) is 24.3 Å². The van der Waals surface area contributed by atoms with Crippen molar-refractivity contribution < 1.29 is 22.7 Å². The molecule has 8 heteroatoms. The molecule has 0 fully saturated rings. The Labute approximate surface area is 164 Å². The molecular weight excluding hydrogens is 390 g/mol. The van der Waals surface area contributed by atoms with Gasteiger partial charge in [-0.1, -0.05) is 0 Å². The van der Waals surface area contributed by atoms with Crippen LogP contribution in [0.3, 0.4) is 0 Å². The molecule has 6 nitrogen and oxygen atoms in total. The number of nitrogens with one attached hydrogen (secondary N) is 1. The molecule has 0 spiro atoms. The standard InChI is InChI=1S/C19H22ClNO5S/c1-3-25-16-7-10-18(26-4-2)14(11-16)13-27(23,24)17-8-5-15(6-9-17)21-19(22)12-20/h5-11H,3-4,12-13H2,1-2H3,(H,21,22). The second-order valence-corrected chi connectivity index (χ2v) is 7.86. The molecule has 2 aromatic rings. The van der Waals surface area contributed by atoms with Crippen molar-refractivity contribution in [3.05, 3.63) is 48.0 Å². The fourth-order valence-corrected chi connectivity index (χ4v) is 3.87. The van der Waals surface area contributed by atoms with Crippen LogP contribution < -0.4 is 14.8 Å². The van der Waals surface area contributed by atoms with E-state index >= 15 is 0 Å². The molecule has 1 amide bonds. The van der Waals surface area contributed by atoms with E-state index in [1.54, 1.807) is 18.2 Å². The predicted molar refractivity (Wildman–Crippen MR) is 105 cm³/mol. The van der Waals surface area contributed by atoms with Crippen molar-refractivity contribution in [2.45, 2.75) is 24.5 Å². The summed E-state index contributed by atoms with van der Waals surface area (Å²) in [5.41, 5.74) is 1.01. The number of carbonyl (C=O) groups excluding carboxylic acids is 1. The molecule has 2 rings (SSSR count). The van der Waals surface area contributed by atoms with E-state index in [9.17, 15) is 13.2 Å². The Hall–Kier alpha value is -2.25. The number of rotatable bonds is 9. The minimum Gasteiger partial charge on any atom is -0.494 e. The molecule has 0 saturated carbocycles. The maximum Gasteiger partial charge on any atom is 0.239 e. The molecule has 0 bridgehead atoms. The highest BCUT2D eigenvalue weighted by Crippen LogP contribution is 2.28. The van der Waals surface area contributed by atoms with E-state index in [0.717, 1.165) is 0 Å². The van der Waals surface area contributed by atoms with Crippen LogP contribution in [0.5, 0.6) is 11.5 Å². The van der Waals surface area contributed by atoms with Crippen molar-refractivity contribution in [3.63, 3.8) is 0 Å². The van der Waals surface area contributed by atoms with Gasteiger partial charge in [-0.25, -0.2) is 8.42 Å². The second kappa shape index (κ2) is 9.62. The normalized spacial score (nSPS) is 11.1. The van der Waals surface area contributed by atoms with E-state index in [2.05, 4.69) is 5.32 Å². The first-order chi connectivity index (χ1) is 12.9. The number of anilines is 1. The average Bonchev–Trinajstić information content (AvgIpc) is 2.64. The molecule has 0 aliphatic heterocycles. The zero-order valence-electron chi connectivity index (χ0n) is 15.2. The van der Waals surface area contributed by atoms with Crippen molar-refractivity contribution in [2.75, 3.05) is 24.4 Å². The molecule has 146 valence electrons. The Morgan fingerprint density at radius 1 is 1.04 bits per heavy atom. The first-order valence-corrected chi connectivity index (χ1v) is 10.7. The smallest absolute Gasteiger partial charge is 0.239 e. The summed E-state index contributed by atoms with van der Waals surface area (Å²) in [5.74, 6) is 0.342. The third-order valence-corrected chi connectivity index (χ3v) is 5.53. The van der Waals surface area contributed by atoms with Crippen molar-refractivity contribution in [2.24, 2.45) is 0 Å². The van der Waals surface area contributed by atoms with Crippen molar-refractivity contribution in [1.82, 2.24) is 0 Å². The molecule has 1 N–H and O–H groups in total. The van der Waals surface area contributed by atoms with E-state index in [0.29, 0.717) is 36.0 Å². The SMILES string of the molecule is CCOc1ccc(OCC)c(CS(=O)(=O)c2ccc(NC(=O)CCl)cc2)c1. The first kappa shape index (κ1) is 21.1. The van der Waals surface area contributed by atoms with Crippen LogP contribution in [0.2, 0.25) is 0 Å². The van der Waals surface area contributed by atoms with Gasteiger partial charge in [0.2, 0.25) is 5.91 Å².